The Morgan fingerprint density at radius 3 is 2.62 bits per heavy atom. The lowest BCUT2D eigenvalue weighted by atomic mass is 10.1. The Labute approximate surface area is 94.6 Å². The lowest BCUT2D eigenvalue weighted by Gasteiger charge is -2.04. The van der Waals surface area contributed by atoms with Crippen LogP contribution in [0.2, 0.25) is 0 Å². The predicted octanol–water partition coefficient (Wildman–Crippen LogP) is 1.75. The van der Waals surface area contributed by atoms with Crippen LogP contribution in [0.4, 0.5) is 5.69 Å². The van der Waals surface area contributed by atoms with Crippen molar-refractivity contribution in [2.45, 2.75) is 19.8 Å². The minimum absolute atomic E-state index is 0.0767. The first-order chi connectivity index (χ1) is 7.72. The minimum Gasteiger partial charge on any atom is -0.468 e. The summed E-state index contributed by atoms with van der Waals surface area (Å²) >= 11 is 0. The Balaban J connectivity index is 2.38. The molecule has 4 nitrogen and oxygen atoms in total. The maximum Gasteiger partial charge on any atom is 0.293 e. The summed E-state index contributed by atoms with van der Waals surface area (Å²) in [6.07, 6.45) is 1.66. The van der Waals surface area contributed by atoms with Gasteiger partial charge in [-0.25, -0.2) is 0 Å². The second kappa shape index (κ2) is 6.61. The molecule has 0 aliphatic heterocycles. The Hall–Kier alpha value is -1.84. The van der Waals surface area contributed by atoms with Crippen LogP contribution >= 0.6 is 0 Å². The topological polar surface area (TPSA) is 55.4 Å². The van der Waals surface area contributed by atoms with Crippen LogP contribution in [0, 0.1) is 0 Å². The van der Waals surface area contributed by atoms with Crippen molar-refractivity contribution in [2.24, 2.45) is 0 Å². The van der Waals surface area contributed by atoms with Gasteiger partial charge in [0.1, 0.15) is 0 Å². The van der Waals surface area contributed by atoms with Gasteiger partial charge in [-0.05, 0) is 30.5 Å². The molecular weight excluding hydrogens is 206 g/mol. The van der Waals surface area contributed by atoms with Gasteiger partial charge in [0, 0.05) is 12.6 Å². The Kier molecular flexibility index (Phi) is 5.05. The third kappa shape index (κ3) is 4.59. The highest BCUT2D eigenvalue weighted by Crippen LogP contribution is 2.10. The molecule has 0 aliphatic carbocycles. The molecule has 0 bridgehead atoms. The van der Waals surface area contributed by atoms with Crippen molar-refractivity contribution >= 4 is 18.1 Å². The van der Waals surface area contributed by atoms with Crippen molar-refractivity contribution in [3.63, 3.8) is 0 Å². The minimum atomic E-state index is -0.0767. The van der Waals surface area contributed by atoms with Gasteiger partial charge in [0.15, 0.2) is 0 Å². The largest absolute Gasteiger partial charge is 0.468 e. The quantitative estimate of drug-likeness (QED) is 0.588. The first kappa shape index (κ1) is 12.2. The molecule has 1 aromatic rings. The van der Waals surface area contributed by atoms with Crippen molar-refractivity contribution in [1.82, 2.24) is 0 Å². The Morgan fingerprint density at radius 1 is 1.38 bits per heavy atom. The number of amides is 1. The van der Waals surface area contributed by atoms with E-state index in [0.717, 1.165) is 24.1 Å². The Bertz CT molecular complexity index is 346. The molecule has 0 radical (unpaired) electrons. The van der Waals surface area contributed by atoms with E-state index < -0.39 is 0 Å². The number of rotatable bonds is 6. The van der Waals surface area contributed by atoms with Crippen LogP contribution in [0.5, 0.6) is 0 Å². The molecule has 1 aromatic carbocycles. The predicted molar refractivity (Wildman–Crippen MR) is 61.1 cm³/mol. The highest BCUT2D eigenvalue weighted by Gasteiger charge is 1.96. The second-order valence-electron chi connectivity index (χ2n) is 3.45. The summed E-state index contributed by atoms with van der Waals surface area (Å²) in [5, 5.41) is 2.70. The molecule has 0 unspecified atom stereocenters. The standard InChI is InChI=1S/C12H15NO3/c1-10(15)13-12-6-4-11(5-7-12)3-2-8-16-9-14/h4-7,9H,2-3,8H2,1H3,(H,13,15). The van der Waals surface area contributed by atoms with Crippen molar-refractivity contribution < 1.29 is 14.3 Å². The lowest BCUT2D eigenvalue weighted by molar-refractivity contribution is -0.128. The van der Waals surface area contributed by atoms with Crippen molar-refractivity contribution in [3.05, 3.63) is 29.8 Å². The van der Waals surface area contributed by atoms with Gasteiger partial charge in [-0.3, -0.25) is 9.59 Å². The van der Waals surface area contributed by atoms with Gasteiger partial charge in [-0.1, -0.05) is 12.1 Å². The van der Waals surface area contributed by atoms with Crippen LogP contribution in [-0.4, -0.2) is 19.0 Å². The third-order valence-corrected chi connectivity index (χ3v) is 2.07. The molecule has 0 aromatic heterocycles. The fourth-order valence-corrected chi connectivity index (χ4v) is 1.37. The van der Waals surface area contributed by atoms with E-state index in [-0.39, 0.29) is 5.91 Å². The zero-order valence-electron chi connectivity index (χ0n) is 9.23. The molecule has 86 valence electrons. The molecule has 1 amide bonds. The zero-order valence-corrected chi connectivity index (χ0v) is 9.23. The van der Waals surface area contributed by atoms with Crippen LogP contribution in [0.1, 0.15) is 18.9 Å². The van der Waals surface area contributed by atoms with E-state index in [2.05, 4.69) is 10.1 Å². The SMILES string of the molecule is CC(=O)Nc1ccc(CCCOC=O)cc1. The molecule has 0 fully saturated rings. The number of ether oxygens (including phenoxy) is 1. The molecule has 0 saturated heterocycles. The molecule has 16 heavy (non-hydrogen) atoms. The van der Waals surface area contributed by atoms with E-state index in [1.54, 1.807) is 0 Å². The van der Waals surface area contributed by atoms with E-state index in [1.807, 2.05) is 24.3 Å². The van der Waals surface area contributed by atoms with E-state index in [1.165, 1.54) is 6.92 Å². The molecule has 1 N–H and O–H groups in total. The summed E-state index contributed by atoms with van der Waals surface area (Å²) in [5.74, 6) is -0.0767. The van der Waals surface area contributed by atoms with Crippen LogP contribution in [-0.2, 0) is 20.7 Å². The van der Waals surface area contributed by atoms with Crippen molar-refractivity contribution in [3.8, 4) is 0 Å². The van der Waals surface area contributed by atoms with Gasteiger partial charge >= 0.3 is 0 Å². The highest BCUT2D eigenvalue weighted by molar-refractivity contribution is 5.88. The number of hydrogen-bond donors (Lipinski definition) is 1. The normalized spacial score (nSPS) is 9.56. The van der Waals surface area contributed by atoms with Crippen molar-refractivity contribution in [2.75, 3.05) is 11.9 Å². The zero-order chi connectivity index (χ0) is 11.8. The maximum absolute atomic E-state index is 10.8. The number of anilines is 1. The van der Waals surface area contributed by atoms with Gasteiger partial charge in [-0.15, -0.1) is 0 Å². The molecule has 0 atom stereocenters. The smallest absolute Gasteiger partial charge is 0.293 e. The van der Waals surface area contributed by atoms with Crippen LogP contribution in [0.25, 0.3) is 0 Å². The van der Waals surface area contributed by atoms with Gasteiger partial charge in [-0.2, -0.15) is 0 Å². The van der Waals surface area contributed by atoms with Crippen LogP contribution in [0.15, 0.2) is 24.3 Å². The average molecular weight is 221 g/mol. The summed E-state index contributed by atoms with van der Waals surface area (Å²) < 4.78 is 4.59. The lowest BCUT2D eigenvalue weighted by Crippen LogP contribution is -2.05. The van der Waals surface area contributed by atoms with Crippen LogP contribution in [0.3, 0.4) is 0 Å². The number of aryl methyl sites for hydroxylation is 1. The molecule has 0 aliphatic rings. The summed E-state index contributed by atoms with van der Waals surface area (Å²) in [6.45, 7) is 2.38. The van der Waals surface area contributed by atoms with Crippen molar-refractivity contribution in [1.29, 1.82) is 0 Å². The number of carbonyl (C=O) groups is 2. The summed E-state index contributed by atoms with van der Waals surface area (Å²) in [4.78, 5) is 20.7. The monoisotopic (exact) mass is 221 g/mol. The summed E-state index contributed by atoms with van der Waals surface area (Å²) in [5.41, 5.74) is 1.95. The molecule has 4 heteroatoms. The second-order valence-corrected chi connectivity index (χ2v) is 3.45. The van der Waals surface area contributed by atoms with E-state index >= 15 is 0 Å². The van der Waals surface area contributed by atoms with Gasteiger partial charge in [0.05, 0.1) is 6.61 Å². The number of carbonyl (C=O) groups excluding carboxylic acids is 2. The van der Waals surface area contributed by atoms with E-state index in [9.17, 15) is 9.59 Å². The molecule has 0 saturated carbocycles. The third-order valence-electron chi connectivity index (χ3n) is 2.07. The average Bonchev–Trinajstić information content (AvgIpc) is 2.26. The number of nitrogens with one attached hydrogen (secondary N) is 1. The highest BCUT2D eigenvalue weighted by atomic mass is 16.5. The summed E-state index contributed by atoms with van der Waals surface area (Å²) in [7, 11) is 0. The van der Waals surface area contributed by atoms with E-state index in [4.69, 9.17) is 0 Å². The molecular formula is C12H15NO3. The first-order valence-corrected chi connectivity index (χ1v) is 5.14. The number of hydrogen-bond acceptors (Lipinski definition) is 3. The van der Waals surface area contributed by atoms with E-state index in [0.29, 0.717) is 13.1 Å². The van der Waals surface area contributed by atoms with Crippen LogP contribution < -0.4 is 5.32 Å². The number of benzene rings is 1. The van der Waals surface area contributed by atoms with Gasteiger partial charge < -0.3 is 10.1 Å². The molecule has 0 heterocycles. The van der Waals surface area contributed by atoms with Gasteiger partial charge in [0.2, 0.25) is 5.91 Å². The molecule has 0 spiro atoms. The summed E-state index contributed by atoms with van der Waals surface area (Å²) in [6, 6.07) is 7.62. The van der Waals surface area contributed by atoms with Gasteiger partial charge in [0.25, 0.3) is 6.47 Å². The fraction of sp³-hybridized carbons (Fsp3) is 0.333. The fourth-order valence-electron chi connectivity index (χ4n) is 1.37. The maximum atomic E-state index is 10.8. The first-order valence-electron chi connectivity index (χ1n) is 5.14. The molecule has 1 rings (SSSR count). The Morgan fingerprint density at radius 2 is 2.06 bits per heavy atom.